The van der Waals surface area contributed by atoms with Crippen molar-refractivity contribution in [1.82, 2.24) is 9.97 Å². The van der Waals surface area contributed by atoms with Crippen LogP contribution in [-0.4, -0.2) is 16.5 Å². The molecule has 0 saturated carbocycles. The average Bonchev–Trinajstić information content (AvgIpc) is 2.25. The quantitative estimate of drug-likeness (QED) is 0.791. The minimum Gasteiger partial charge on any atom is -0.370 e. The lowest BCUT2D eigenvalue weighted by Gasteiger charge is -2.18. The number of nitrogens with zero attached hydrogens (tertiary/aromatic N) is 2. The Morgan fingerprint density at radius 1 is 1.24 bits per heavy atom. The lowest BCUT2D eigenvalue weighted by molar-refractivity contribution is 0.545. The maximum atomic E-state index is 4.62. The van der Waals surface area contributed by atoms with Crippen LogP contribution >= 0.6 is 0 Å². The maximum absolute atomic E-state index is 4.62. The number of hydrogen-bond donors (Lipinski definition) is 1. The highest BCUT2D eigenvalue weighted by atomic mass is 15.0. The molecule has 0 spiro atoms. The van der Waals surface area contributed by atoms with Crippen LogP contribution < -0.4 is 5.32 Å². The first-order chi connectivity index (χ1) is 7.95. The molecule has 96 valence electrons. The van der Waals surface area contributed by atoms with E-state index in [1.54, 1.807) is 0 Å². The molecule has 0 radical (unpaired) electrons. The van der Waals surface area contributed by atoms with E-state index in [-0.39, 0.29) is 5.41 Å². The van der Waals surface area contributed by atoms with Gasteiger partial charge < -0.3 is 5.32 Å². The van der Waals surface area contributed by atoms with E-state index < -0.39 is 0 Å². The van der Waals surface area contributed by atoms with Gasteiger partial charge in [-0.25, -0.2) is 9.97 Å². The van der Waals surface area contributed by atoms with E-state index in [0.29, 0.717) is 0 Å². The Morgan fingerprint density at radius 2 is 1.94 bits per heavy atom. The number of unbranched alkanes of at least 4 members (excludes halogenated alkanes) is 2. The van der Waals surface area contributed by atoms with Crippen LogP contribution in [0.2, 0.25) is 0 Å². The Morgan fingerprint density at radius 3 is 2.53 bits per heavy atom. The van der Waals surface area contributed by atoms with Crippen LogP contribution in [0.25, 0.3) is 0 Å². The fourth-order valence-electron chi connectivity index (χ4n) is 1.56. The van der Waals surface area contributed by atoms with E-state index >= 15 is 0 Å². The summed E-state index contributed by atoms with van der Waals surface area (Å²) >= 11 is 0. The van der Waals surface area contributed by atoms with E-state index in [1.165, 1.54) is 19.3 Å². The fourth-order valence-corrected chi connectivity index (χ4v) is 1.56. The summed E-state index contributed by atoms with van der Waals surface area (Å²) in [5, 5.41) is 3.41. The number of nitrogens with one attached hydrogen (secondary N) is 1. The molecule has 0 aromatic carbocycles. The van der Waals surface area contributed by atoms with Gasteiger partial charge in [0.15, 0.2) is 0 Å². The Bertz CT molecular complexity index is 353. The van der Waals surface area contributed by atoms with Crippen molar-refractivity contribution in [2.24, 2.45) is 0 Å². The minimum absolute atomic E-state index is 0.00749. The van der Waals surface area contributed by atoms with Crippen molar-refractivity contribution in [2.45, 2.75) is 59.3 Å². The maximum Gasteiger partial charge on any atom is 0.135 e. The first kappa shape index (κ1) is 13.9. The second-order valence-corrected chi connectivity index (χ2v) is 5.61. The third-order valence-electron chi connectivity index (χ3n) is 2.72. The van der Waals surface area contributed by atoms with Gasteiger partial charge in [-0.3, -0.25) is 0 Å². The largest absolute Gasteiger partial charge is 0.370 e. The Balaban J connectivity index is 2.70. The molecule has 0 atom stereocenters. The van der Waals surface area contributed by atoms with Gasteiger partial charge in [-0.05, 0) is 13.3 Å². The Labute approximate surface area is 105 Å². The van der Waals surface area contributed by atoms with Crippen LogP contribution in [0, 0.1) is 6.92 Å². The van der Waals surface area contributed by atoms with Crippen LogP contribution in [0.3, 0.4) is 0 Å². The normalized spacial score (nSPS) is 11.6. The number of aromatic nitrogens is 2. The van der Waals surface area contributed by atoms with Gasteiger partial charge in [0.25, 0.3) is 0 Å². The highest BCUT2D eigenvalue weighted by Gasteiger charge is 2.18. The van der Waals surface area contributed by atoms with Gasteiger partial charge in [-0.15, -0.1) is 0 Å². The lowest BCUT2D eigenvalue weighted by Crippen LogP contribution is -2.18. The number of hydrogen-bond acceptors (Lipinski definition) is 3. The molecule has 0 amide bonds. The van der Waals surface area contributed by atoms with E-state index in [4.69, 9.17) is 0 Å². The summed E-state index contributed by atoms with van der Waals surface area (Å²) in [6.45, 7) is 11.7. The van der Waals surface area contributed by atoms with E-state index in [2.05, 4.69) is 49.9 Å². The van der Waals surface area contributed by atoms with Crippen molar-refractivity contribution in [3.05, 3.63) is 17.6 Å². The van der Waals surface area contributed by atoms with Gasteiger partial charge in [0.05, 0.1) is 0 Å². The van der Waals surface area contributed by atoms with E-state index in [0.717, 1.165) is 23.8 Å². The predicted molar refractivity (Wildman–Crippen MR) is 73.5 cm³/mol. The molecule has 0 saturated heterocycles. The summed E-state index contributed by atoms with van der Waals surface area (Å²) in [6, 6.07) is 0. The van der Waals surface area contributed by atoms with Crippen LogP contribution in [0.5, 0.6) is 0 Å². The molecular formula is C14H25N3. The summed E-state index contributed by atoms with van der Waals surface area (Å²) in [6.07, 6.45) is 5.63. The molecule has 0 aliphatic carbocycles. The molecule has 17 heavy (non-hydrogen) atoms. The van der Waals surface area contributed by atoms with Crippen LogP contribution in [-0.2, 0) is 5.41 Å². The third kappa shape index (κ3) is 4.33. The fraction of sp³-hybridized carbons (Fsp3) is 0.714. The molecule has 1 rings (SSSR count). The Kier molecular flexibility index (Phi) is 4.91. The van der Waals surface area contributed by atoms with Crippen molar-refractivity contribution >= 4 is 5.82 Å². The summed E-state index contributed by atoms with van der Waals surface area (Å²) in [5.41, 5.74) is 1.13. The topological polar surface area (TPSA) is 37.8 Å². The zero-order valence-electron chi connectivity index (χ0n) is 11.8. The minimum atomic E-state index is 0.00749. The standard InChI is InChI=1S/C14H25N3/c1-6-7-8-9-15-12-11(2)10-16-13(17-12)14(3,4)5/h10H,6-9H2,1-5H3,(H,15,16,17). The highest BCUT2D eigenvalue weighted by molar-refractivity contribution is 5.42. The number of rotatable bonds is 5. The number of anilines is 1. The predicted octanol–water partition coefficient (Wildman–Crippen LogP) is 3.68. The van der Waals surface area contributed by atoms with Crippen molar-refractivity contribution in [3.63, 3.8) is 0 Å². The zero-order valence-corrected chi connectivity index (χ0v) is 11.8. The first-order valence-corrected chi connectivity index (χ1v) is 6.53. The van der Waals surface area contributed by atoms with Crippen LogP contribution in [0.4, 0.5) is 5.82 Å². The zero-order chi connectivity index (χ0) is 12.9. The number of aryl methyl sites for hydroxylation is 1. The summed E-state index contributed by atoms with van der Waals surface area (Å²) in [5.74, 6) is 1.89. The molecule has 3 nitrogen and oxygen atoms in total. The van der Waals surface area contributed by atoms with Crippen molar-refractivity contribution in [1.29, 1.82) is 0 Å². The molecule has 1 N–H and O–H groups in total. The second-order valence-electron chi connectivity index (χ2n) is 5.61. The van der Waals surface area contributed by atoms with Crippen LogP contribution in [0.15, 0.2) is 6.20 Å². The van der Waals surface area contributed by atoms with Crippen molar-refractivity contribution < 1.29 is 0 Å². The Hall–Kier alpha value is -1.12. The summed E-state index contributed by atoms with van der Waals surface area (Å²) in [4.78, 5) is 9.02. The molecule has 0 aliphatic rings. The monoisotopic (exact) mass is 235 g/mol. The lowest BCUT2D eigenvalue weighted by atomic mass is 9.95. The molecule has 0 unspecified atom stereocenters. The van der Waals surface area contributed by atoms with Gasteiger partial charge in [-0.1, -0.05) is 40.5 Å². The van der Waals surface area contributed by atoms with Gasteiger partial charge >= 0.3 is 0 Å². The van der Waals surface area contributed by atoms with Crippen molar-refractivity contribution in [3.8, 4) is 0 Å². The SMILES string of the molecule is CCCCCNc1nc(C(C)(C)C)ncc1C. The summed E-state index contributed by atoms with van der Waals surface area (Å²) in [7, 11) is 0. The third-order valence-corrected chi connectivity index (χ3v) is 2.72. The molecule has 0 aliphatic heterocycles. The second kappa shape index (κ2) is 5.99. The first-order valence-electron chi connectivity index (χ1n) is 6.53. The smallest absolute Gasteiger partial charge is 0.135 e. The highest BCUT2D eigenvalue weighted by Crippen LogP contribution is 2.20. The van der Waals surface area contributed by atoms with Crippen molar-refractivity contribution in [2.75, 3.05) is 11.9 Å². The van der Waals surface area contributed by atoms with Gasteiger partial charge in [0, 0.05) is 23.7 Å². The average molecular weight is 235 g/mol. The molecule has 1 heterocycles. The molecule has 0 bridgehead atoms. The van der Waals surface area contributed by atoms with Crippen LogP contribution in [0.1, 0.15) is 58.3 Å². The molecule has 3 heteroatoms. The molecule has 1 aromatic rings. The molecule has 0 fully saturated rings. The van der Waals surface area contributed by atoms with Gasteiger partial charge in [0.2, 0.25) is 0 Å². The van der Waals surface area contributed by atoms with E-state index in [1.807, 2.05) is 6.20 Å². The van der Waals surface area contributed by atoms with Gasteiger partial charge in [0.1, 0.15) is 11.6 Å². The summed E-state index contributed by atoms with van der Waals surface area (Å²) < 4.78 is 0. The van der Waals surface area contributed by atoms with E-state index in [9.17, 15) is 0 Å². The molecule has 1 aromatic heterocycles. The van der Waals surface area contributed by atoms with Gasteiger partial charge in [-0.2, -0.15) is 0 Å². The molecular weight excluding hydrogens is 210 g/mol.